The first-order chi connectivity index (χ1) is 13.4. The lowest BCUT2D eigenvalue weighted by Gasteiger charge is -2.32. The largest absolute Gasteiger partial charge is 0.481 e. The predicted molar refractivity (Wildman–Crippen MR) is 114 cm³/mol. The average Bonchev–Trinajstić information content (AvgIpc) is 2.65. The number of rotatable bonds is 15. The normalized spacial score (nSPS) is 20.1. The summed E-state index contributed by atoms with van der Waals surface area (Å²) in [4.78, 5) is 24.0. The number of hydrogen-bond donors (Lipinski definition) is 1. The molecule has 4 heteroatoms. The van der Waals surface area contributed by atoms with Gasteiger partial charge in [0.05, 0.1) is 11.8 Å². The lowest BCUT2D eigenvalue weighted by Crippen LogP contribution is -2.38. The van der Waals surface area contributed by atoms with Crippen LogP contribution >= 0.6 is 0 Å². The van der Waals surface area contributed by atoms with Gasteiger partial charge in [-0.3, -0.25) is 9.59 Å². The lowest BCUT2D eigenvalue weighted by atomic mass is 9.79. The minimum atomic E-state index is -0.857. The molecule has 1 N–H and O–H groups in total. The van der Waals surface area contributed by atoms with Crippen molar-refractivity contribution in [2.24, 2.45) is 11.8 Å². The van der Waals surface area contributed by atoms with Gasteiger partial charge in [-0.2, -0.15) is 0 Å². The lowest BCUT2D eigenvalue weighted by molar-refractivity contribution is -0.170. The van der Waals surface area contributed by atoms with Gasteiger partial charge in [-0.1, -0.05) is 84.0 Å². The van der Waals surface area contributed by atoms with E-state index in [2.05, 4.69) is 6.92 Å². The Kier molecular flexibility index (Phi) is 12.5. The van der Waals surface area contributed by atoms with Gasteiger partial charge in [0.25, 0.3) is 0 Å². The summed E-state index contributed by atoms with van der Waals surface area (Å²) in [7, 11) is 0. The second-order valence-electron chi connectivity index (χ2n) is 9.30. The third-order valence-corrected chi connectivity index (χ3v) is 6.15. The van der Waals surface area contributed by atoms with Crippen LogP contribution in [-0.2, 0) is 14.3 Å². The fourth-order valence-corrected chi connectivity index (χ4v) is 4.32. The molecule has 1 fully saturated rings. The van der Waals surface area contributed by atoms with Crippen molar-refractivity contribution in [3.05, 3.63) is 0 Å². The maximum Gasteiger partial charge on any atom is 0.310 e. The number of carboxylic acid groups (broad SMARTS) is 1. The van der Waals surface area contributed by atoms with Crippen LogP contribution < -0.4 is 0 Å². The van der Waals surface area contributed by atoms with Crippen LogP contribution in [0.15, 0.2) is 0 Å². The molecule has 28 heavy (non-hydrogen) atoms. The summed E-state index contributed by atoms with van der Waals surface area (Å²) < 4.78 is 5.75. The van der Waals surface area contributed by atoms with Crippen molar-refractivity contribution in [3.63, 3.8) is 0 Å². The number of ether oxygens (including phenoxy) is 1. The zero-order valence-corrected chi connectivity index (χ0v) is 18.6. The minimum absolute atomic E-state index is 0.305. The average molecular weight is 397 g/mol. The van der Waals surface area contributed by atoms with Crippen molar-refractivity contribution in [2.45, 2.75) is 129 Å². The summed E-state index contributed by atoms with van der Waals surface area (Å²) in [5, 5.41) is 9.36. The third-order valence-electron chi connectivity index (χ3n) is 6.15. The van der Waals surface area contributed by atoms with Gasteiger partial charge in [-0.25, -0.2) is 0 Å². The highest BCUT2D eigenvalue weighted by Gasteiger charge is 2.38. The van der Waals surface area contributed by atoms with Gasteiger partial charge in [0.1, 0.15) is 5.60 Å². The smallest absolute Gasteiger partial charge is 0.310 e. The molecule has 0 heterocycles. The Bertz CT molecular complexity index is 444. The molecule has 0 spiro atoms. The SMILES string of the molecule is CCCCCCCCCCCCCC(C)(C)OC(=O)C1CCCCC1C(=O)O. The zero-order valence-electron chi connectivity index (χ0n) is 18.6. The highest BCUT2D eigenvalue weighted by Crippen LogP contribution is 2.33. The Morgan fingerprint density at radius 2 is 1.29 bits per heavy atom. The zero-order chi connectivity index (χ0) is 20.8. The maximum absolute atomic E-state index is 12.5. The van der Waals surface area contributed by atoms with Crippen LogP contribution in [-0.4, -0.2) is 22.6 Å². The molecule has 0 radical (unpaired) electrons. The van der Waals surface area contributed by atoms with Gasteiger partial charge < -0.3 is 9.84 Å². The van der Waals surface area contributed by atoms with Gasteiger partial charge in [0, 0.05) is 0 Å². The molecule has 0 aromatic rings. The minimum Gasteiger partial charge on any atom is -0.481 e. The van der Waals surface area contributed by atoms with E-state index in [0.717, 1.165) is 25.7 Å². The summed E-state index contributed by atoms with van der Waals surface area (Å²) in [6.45, 7) is 6.17. The van der Waals surface area contributed by atoms with Crippen molar-refractivity contribution >= 4 is 11.9 Å². The molecule has 0 aromatic carbocycles. The first kappa shape index (κ1) is 25.0. The first-order valence-corrected chi connectivity index (χ1v) is 11.8. The number of hydrogen-bond acceptors (Lipinski definition) is 3. The molecule has 1 aliphatic rings. The number of aliphatic carboxylic acids is 1. The summed E-state index contributed by atoms with van der Waals surface area (Å²) in [5.74, 6) is -2.20. The standard InChI is InChI=1S/C24H44O4/c1-4-5-6-7-8-9-10-11-12-13-16-19-24(2,3)28-23(27)21-18-15-14-17-20(21)22(25)26/h20-21H,4-19H2,1-3H3,(H,25,26). The van der Waals surface area contributed by atoms with Crippen molar-refractivity contribution in [2.75, 3.05) is 0 Å². The molecule has 164 valence electrons. The van der Waals surface area contributed by atoms with E-state index in [-0.39, 0.29) is 5.97 Å². The topological polar surface area (TPSA) is 63.6 Å². The van der Waals surface area contributed by atoms with Crippen LogP contribution in [0.25, 0.3) is 0 Å². The van der Waals surface area contributed by atoms with E-state index < -0.39 is 23.4 Å². The maximum atomic E-state index is 12.5. The highest BCUT2D eigenvalue weighted by molar-refractivity contribution is 5.81. The molecule has 2 unspecified atom stereocenters. The van der Waals surface area contributed by atoms with Crippen LogP contribution in [0.3, 0.4) is 0 Å². The second kappa shape index (κ2) is 14.0. The van der Waals surface area contributed by atoms with Gasteiger partial charge in [-0.15, -0.1) is 0 Å². The molecule has 0 bridgehead atoms. The Morgan fingerprint density at radius 3 is 1.79 bits per heavy atom. The molecule has 0 saturated heterocycles. The van der Waals surface area contributed by atoms with E-state index in [1.807, 2.05) is 13.8 Å². The van der Waals surface area contributed by atoms with Gasteiger partial charge in [0.2, 0.25) is 0 Å². The number of carboxylic acids is 1. The van der Waals surface area contributed by atoms with Crippen LogP contribution in [0.5, 0.6) is 0 Å². The number of esters is 1. The third kappa shape index (κ3) is 10.5. The second-order valence-corrected chi connectivity index (χ2v) is 9.30. The van der Waals surface area contributed by atoms with Crippen LogP contribution in [0.1, 0.15) is 124 Å². The molecule has 1 aliphatic carbocycles. The summed E-state index contributed by atoms with van der Waals surface area (Å²) in [5.41, 5.74) is -0.503. The van der Waals surface area contributed by atoms with Gasteiger partial charge >= 0.3 is 11.9 Å². The Hall–Kier alpha value is -1.06. The van der Waals surface area contributed by atoms with Gasteiger partial charge in [-0.05, 0) is 39.5 Å². The van der Waals surface area contributed by atoms with Crippen molar-refractivity contribution in [1.29, 1.82) is 0 Å². The van der Waals surface area contributed by atoms with Crippen molar-refractivity contribution < 1.29 is 19.4 Å². The molecule has 1 saturated carbocycles. The van der Waals surface area contributed by atoms with E-state index in [0.29, 0.717) is 12.8 Å². The van der Waals surface area contributed by atoms with E-state index in [4.69, 9.17) is 4.74 Å². The predicted octanol–water partition coefficient (Wildman–Crippen LogP) is 6.90. The fourth-order valence-electron chi connectivity index (χ4n) is 4.32. The van der Waals surface area contributed by atoms with E-state index in [1.165, 1.54) is 64.2 Å². The molecular weight excluding hydrogens is 352 g/mol. The Labute approximate surface area is 172 Å². The molecular formula is C24H44O4. The number of carbonyl (C=O) groups is 2. The van der Waals surface area contributed by atoms with E-state index >= 15 is 0 Å². The molecule has 2 atom stereocenters. The molecule has 0 amide bonds. The highest BCUT2D eigenvalue weighted by atomic mass is 16.6. The quantitative estimate of drug-likeness (QED) is 0.241. The number of carbonyl (C=O) groups excluding carboxylic acids is 1. The molecule has 4 nitrogen and oxygen atoms in total. The monoisotopic (exact) mass is 396 g/mol. The first-order valence-electron chi connectivity index (χ1n) is 11.8. The fraction of sp³-hybridized carbons (Fsp3) is 0.917. The van der Waals surface area contributed by atoms with Gasteiger partial charge in [0.15, 0.2) is 0 Å². The summed E-state index contributed by atoms with van der Waals surface area (Å²) in [6.07, 6.45) is 18.2. The molecule has 0 aliphatic heterocycles. The summed E-state index contributed by atoms with van der Waals surface area (Å²) in [6, 6.07) is 0. The Morgan fingerprint density at radius 1 is 0.821 bits per heavy atom. The van der Waals surface area contributed by atoms with Crippen molar-refractivity contribution in [3.8, 4) is 0 Å². The van der Waals surface area contributed by atoms with Crippen LogP contribution in [0.2, 0.25) is 0 Å². The van der Waals surface area contributed by atoms with Crippen molar-refractivity contribution in [1.82, 2.24) is 0 Å². The van der Waals surface area contributed by atoms with E-state index in [1.54, 1.807) is 0 Å². The molecule has 0 aromatic heterocycles. The summed E-state index contributed by atoms with van der Waals surface area (Å²) >= 11 is 0. The van der Waals surface area contributed by atoms with Crippen LogP contribution in [0, 0.1) is 11.8 Å². The molecule has 1 rings (SSSR count). The van der Waals surface area contributed by atoms with E-state index in [9.17, 15) is 14.7 Å². The number of unbranched alkanes of at least 4 members (excludes halogenated alkanes) is 10. The Balaban J connectivity index is 2.15. The van der Waals surface area contributed by atoms with Crippen LogP contribution in [0.4, 0.5) is 0 Å².